The molecule has 1 rings (SSSR count). The third-order valence-corrected chi connectivity index (χ3v) is 2.01. The molecule has 0 aliphatic rings. The molecule has 0 fully saturated rings. The Bertz CT molecular complexity index is 316. The lowest BCUT2D eigenvalue weighted by molar-refractivity contribution is 0.184. The lowest BCUT2D eigenvalue weighted by Gasteiger charge is -2.05. The Kier molecular flexibility index (Phi) is 4.36. The fraction of sp³-hybridized carbons (Fsp3) is 0.333. The first-order chi connectivity index (χ1) is 6.77. The van der Waals surface area contributed by atoms with Gasteiger partial charge in [0.05, 0.1) is 13.2 Å². The molecule has 0 atom stereocenters. The molecule has 76 valence electrons. The number of hydrogen-bond donors (Lipinski definition) is 1. The summed E-state index contributed by atoms with van der Waals surface area (Å²) in [5.74, 6) is 0. The average molecular weight is 192 g/mol. The second kappa shape index (κ2) is 5.58. The van der Waals surface area contributed by atoms with Crippen molar-refractivity contribution < 1.29 is 9.84 Å². The summed E-state index contributed by atoms with van der Waals surface area (Å²) < 4.78 is 5.09. The van der Waals surface area contributed by atoms with Gasteiger partial charge in [-0.25, -0.2) is 0 Å². The summed E-state index contributed by atoms with van der Waals surface area (Å²) in [6.07, 6.45) is 1.98. The molecule has 1 N–H and O–H groups in total. The SMILES string of the molecule is COCc1ccccc1/C=C(/C)CO. The van der Waals surface area contributed by atoms with Gasteiger partial charge in [-0.15, -0.1) is 0 Å². The molecule has 0 unspecified atom stereocenters. The van der Waals surface area contributed by atoms with Crippen LogP contribution in [-0.4, -0.2) is 18.8 Å². The zero-order valence-corrected chi connectivity index (χ0v) is 8.66. The van der Waals surface area contributed by atoms with Crippen LogP contribution in [0, 0.1) is 0 Å². The van der Waals surface area contributed by atoms with Gasteiger partial charge in [0, 0.05) is 7.11 Å². The fourth-order valence-corrected chi connectivity index (χ4v) is 1.27. The number of methoxy groups -OCH3 is 1. The number of ether oxygens (including phenoxy) is 1. The minimum Gasteiger partial charge on any atom is -0.392 e. The van der Waals surface area contributed by atoms with Crippen LogP contribution in [0.25, 0.3) is 6.08 Å². The van der Waals surface area contributed by atoms with Crippen LogP contribution >= 0.6 is 0 Å². The van der Waals surface area contributed by atoms with Gasteiger partial charge < -0.3 is 9.84 Å². The van der Waals surface area contributed by atoms with Crippen molar-refractivity contribution >= 4 is 6.08 Å². The van der Waals surface area contributed by atoms with Crippen LogP contribution in [0.15, 0.2) is 29.8 Å². The highest BCUT2D eigenvalue weighted by molar-refractivity contribution is 5.56. The van der Waals surface area contributed by atoms with Crippen LogP contribution in [0.1, 0.15) is 18.1 Å². The van der Waals surface area contributed by atoms with E-state index in [-0.39, 0.29) is 6.61 Å². The summed E-state index contributed by atoms with van der Waals surface area (Å²) in [4.78, 5) is 0. The van der Waals surface area contributed by atoms with E-state index in [1.807, 2.05) is 37.3 Å². The average Bonchev–Trinajstić information content (AvgIpc) is 2.21. The van der Waals surface area contributed by atoms with Crippen molar-refractivity contribution in [2.75, 3.05) is 13.7 Å². The Morgan fingerprint density at radius 3 is 2.79 bits per heavy atom. The smallest absolute Gasteiger partial charge is 0.0718 e. The van der Waals surface area contributed by atoms with Gasteiger partial charge in [0.25, 0.3) is 0 Å². The Morgan fingerprint density at radius 1 is 1.43 bits per heavy atom. The summed E-state index contributed by atoms with van der Waals surface area (Å²) in [5.41, 5.74) is 3.21. The van der Waals surface area contributed by atoms with Gasteiger partial charge in [0.1, 0.15) is 0 Å². The van der Waals surface area contributed by atoms with E-state index in [9.17, 15) is 0 Å². The summed E-state index contributed by atoms with van der Waals surface area (Å²) >= 11 is 0. The molecule has 14 heavy (non-hydrogen) atoms. The van der Waals surface area contributed by atoms with E-state index < -0.39 is 0 Å². The van der Waals surface area contributed by atoms with Crippen molar-refractivity contribution in [1.29, 1.82) is 0 Å². The summed E-state index contributed by atoms with van der Waals surface area (Å²) in [5, 5.41) is 8.92. The van der Waals surface area contributed by atoms with Gasteiger partial charge >= 0.3 is 0 Å². The Balaban J connectivity index is 2.95. The maximum atomic E-state index is 8.92. The van der Waals surface area contributed by atoms with Crippen molar-refractivity contribution in [3.05, 3.63) is 41.0 Å². The molecule has 0 saturated heterocycles. The molecule has 0 radical (unpaired) electrons. The van der Waals surface area contributed by atoms with Crippen LogP contribution < -0.4 is 0 Å². The minimum atomic E-state index is 0.0985. The molecule has 0 saturated carbocycles. The number of rotatable bonds is 4. The molecular weight excluding hydrogens is 176 g/mol. The topological polar surface area (TPSA) is 29.5 Å². The third-order valence-electron chi connectivity index (χ3n) is 2.01. The number of aliphatic hydroxyl groups excluding tert-OH is 1. The van der Waals surface area contributed by atoms with Crippen LogP contribution in [0.2, 0.25) is 0 Å². The Labute approximate surface area is 84.8 Å². The van der Waals surface area contributed by atoms with E-state index in [4.69, 9.17) is 9.84 Å². The largest absolute Gasteiger partial charge is 0.392 e. The molecular formula is C12H16O2. The first-order valence-corrected chi connectivity index (χ1v) is 4.62. The summed E-state index contributed by atoms with van der Waals surface area (Å²) in [6.45, 7) is 2.61. The minimum absolute atomic E-state index is 0.0985. The first kappa shape index (κ1) is 11.0. The molecule has 0 aliphatic heterocycles. The zero-order chi connectivity index (χ0) is 10.4. The maximum Gasteiger partial charge on any atom is 0.0718 e. The van der Waals surface area contributed by atoms with Gasteiger partial charge in [0.2, 0.25) is 0 Å². The normalized spacial score (nSPS) is 11.8. The van der Waals surface area contributed by atoms with E-state index >= 15 is 0 Å². The maximum absolute atomic E-state index is 8.92. The van der Waals surface area contributed by atoms with Crippen LogP contribution in [0.3, 0.4) is 0 Å². The second-order valence-electron chi connectivity index (χ2n) is 3.28. The quantitative estimate of drug-likeness (QED) is 0.792. The molecule has 0 amide bonds. The van der Waals surface area contributed by atoms with E-state index in [2.05, 4.69) is 0 Å². The molecule has 0 aromatic heterocycles. The zero-order valence-electron chi connectivity index (χ0n) is 8.66. The Morgan fingerprint density at radius 2 is 2.14 bits per heavy atom. The highest BCUT2D eigenvalue weighted by atomic mass is 16.5. The highest BCUT2D eigenvalue weighted by Crippen LogP contribution is 2.13. The van der Waals surface area contributed by atoms with E-state index in [1.165, 1.54) is 0 Å². The molecule has 1 aromatic rings. The molecule has 0 bridgehead atoms. The van der Waals surface area contributed by atoms with Crippen molar-refractivity contribution in [3.63, 3.8) is 0 Å². The van der Waals surface area contributed by atoms with Crippen molar-refractivity contribution in [1.82, 2.24) is 0 Å². The molecule has 2 nitrogen and oxygen atoms in total. The highest BCUT2D eigenvalue weighted by Gasteiger charge is 1.98. The summed E-state index contributed by atoms with van der Waals surface area (Å²) in [7, 11) is 1.68. The Hall–Kier alpha value is -1.12. The van der Waals surface area contributed by atoms with Crippen LogP contribution in [-0.2, 0) is 11.3 Å². The first-order valence-electron chi connectivity index (χ1n) is 4.62. The lowest BCUT2D eigenvalue weighted by Crippen LogP contribution is -1.92. The van der Waals surface area contributed by atoms with E-state index in [1.54, 1.807) is 7.11 Å². The van der Waals surface area contributed by atoms with E-state index in [0.29, 0.717) is 6.61 Å². The number of aliphatic hydroxyl groups is 1. The molecule has 0 spiro atoms. The predicted octanol–water partition coefficient (Wildman–Crippen LogP) is 2.23. The molecule has 0 aliphatic carbocycles. The number of hydrogen-bond acceptors (Lipinski definition) is 2. The van der Waals surface area contributed by atoms with Crippen molar-refractivity contribution in [2.45, 2.75) is 13.5 Å². The molecule has 1 aromatic carbocycles. The van der Waals surface area contributed by atoms with Crippen molar-refractivity contribution in [3.8, 4) is 0 Å². The monoisotopic (exact) mass is 192 g/mol. The fourth-order valence-electron chi connectivity index (χ4n) is 1.27. The molecule has 0 heterocycles. The predicted molar refractivity (Wildman–Crippen MR) is 57.9 cm³/mol. The van der Waals surface area contributed by atoms with Crippen LogP contribution in [0.5, 0.6) is 0 Å². The number of benzene rings is 1. The molecule has 2 heteroatoms. The lowest BCUT2D eigenvalue weighted by atomic mass is 10.1. The van der Waals surface area contributed by atoms with Crippen LogP contribution in [0.4, 0.5) is 0 Å². The van der Waals surface area contributed by atoms with Gasteiger partial charge in [-0.3, -0.25) is 0 Å². The second-order valence-corrected chi connectivity index (χ2v) is 3.28. The van der Waals surface area contributed by atoms with E-state index in [0.717, 1.165) is 16.7 Å². The standard InChI is InChI=1S/C12H16O2/c1-10(8-13)7-11-5-3-4-6-12(11)9-14-2/h3-7,13H,8-9H2,1-2H3/b10-7-. The van der Waals surface area contributed by atoms with Crippen molar-refractivity contribution in [2.24, 2.45) is 0 Å². The van der Waals surface area contributed by atoms with Gasteiger partial charge in [-0.1, -0.05) is 30.3 Å². The summed E-state index contributed by atoms with van der Waals surface area (Å²) in [6, 6.07) is 8.02. The van der Waals surface area contributed by atoms with Gasteiger partial charge in [0.15, 0.2) is 0 Å². The van der Waals surface area contributed by atoms with Gasteiger partial charge in [-0.2, -0.15) is 0 Å². The third kappa shape index (κ3) is 2.98. The van der Waals surface area contributed by atoms with Gasteiger partial charge in [-0.05, 0) is 23.6 Å².